The van der Waals surface area contributed by atoms with Crippen LogP contribution >= 0.6 is 0 Å². The van der Waals surface area contributed by atoms with Crippen LogP contribution in [0.4, 0.5) is 0 Å². The van der Waals surface area contributed by atoms with Crippen molar-refractivity contribution in [1.82, 2.24) is 15.2 Å². The van der Waals surface area contributed by atoms with Crippen LogP contribution in [0.15, 0.2) is 12.4 Å². The Hall–Kier alpha value is -0.910. The highest BCUT2D eigenvalue weighted by Gasteiger charge is 2.35. The van der Waals surface area contributed by atoms with Crippen LogP contribution in [0, 0.1) is 0 Å². The first kappa shape index (κ1) is 13.5. The molecule has 102 valence electrons. The summed E-state index contributed by atoms with van der Waals surface area (Å²) in [5, 5.41) is 4.18. The van der Waals surface area contributed by atoms with E-state index >= 15 is 0 Å². The minimum absolute atomic E-state index is 0.130. The number of hydrazine groups is 1. The zero-order chi connectivity index (χ0) is 13.0. The molecule has 0 amide bonds. The number of aryl methyl sites for hydroxylation is 2. The summed E-state index contributed by atoms with van der Waals surface area (Å²) >= 11 is 0. The molecule has 2 unspecified atom stereocenters. The summed E-state index contributed by atoms with van der Waals surface area (Å²) in [6, 6.07) is 0.193. The molecule has 18 heavy (non-hydrogen) atoms. The van der Waals surface area contributed by atoms with E-state index < -0.39 is 0 Å². The maximum atomic E-state index is 5.95. The van der Waals surface area contributed by atoms with Crippen LogP contribution in [-0.4, -0.2) is 28.0 Å². The van der Waals surface area contributed by atoms with E-state index in [4.69, 9.17) is 10.6 Å². The lowest BCUT2D eigenvalue weighted by atomic mass is 9.85. The average Bonchev–Trinajstić information content (AvgIpc) is 2.76. The van der Waals surface area contributed by atoms with Crippen molar-refractivity contribution in [2.75, 3.05) is 6.61 Å². The van der Waals surface area contributed by atoms with Crippen LogP contribution in [0.2, 0.25) is 0 Å². The van der Waals surface area contributed by atoms with Gasteiger partial charge in [0, 0.05) is 19.9 Å². The minimum Gasteiger partial charge on any atom is -0.374 e. The summed E-state index contributed by atoms with van der Waals surface area (Å²) in [7, 11) is 1.94. The Bertz CT molecular complexity index is 371. The van der Waals surface area contributed by atoms with Gasteiger partial charge in [0.1, 0.15) is 0 Å². The van der Waals surface area contributed by atoms with Gasteiger partial charge in [0.05, 0.1) is 17.8 Å². The highest BCUT2D eigenvalue weighted by Crippen LogP contribution is 2.29. The number of ether oxygens (including phenoxy) is 1. The van der Waals surface area contributed by atoms with E-state index in [1.54, 1.807) is 0 Å². The van der Waals surface area contributed by atoms with Crippen LogP contribution < -0.4 is 11.3 Å². The summed E-state index contributed by atoms with van der Waals surface area (Å²) in [5.74, 6) is 5.71. The molecular weight excluding hydrogens is 228 g/mol. The first-order chi connectivity index (χ1) is 8.64. The molecule has 0 radical (unpaired) electrons. The van der Waals surface area contributed by atoms with E-state index in [9.17, 15) is 0 Å². The molecule has 2 atom stereocenters. The monoisotopic (exact) mass is 252 g/mol. The van der Waals surface area contributed by atoms with Gasteiger partial charge >= 0.3 is 0 Å². The van der Waals surface area contributed by atoms with Crippen LogP contribution in [0.5, 0.6) is 0 Å². The van der Waals surface area contributed by atoms with Crippen LogP contribution in [0.25, 0.3) is 0 Å². The molecule has 5 heteroatoms. The fraction of sp³-hybridized carbons (Fsp3) is 0.769. The van der Waals surface area contributed by atoms with Crippen molar-refractivity contribution in [3.8, 4) is 0 Å². The fourth-order valence-corrected chi connectivity index (χ4v) is 2.71. The third kappa shape index (κ3) is 3.10. The van der Waals surface area contributed by atoms with E-state index in [2.05, 4.69) is 23.6 Å². The van der Waals surface area contributed by atoms with E-state index in [-0.39, 0.29) is 11.6 Å². The maximum absolute atomic E-state index is 5.95. The number of nitrogens with zero attached hydrogens (tertiary/aromatic N) is 2. The summed E-state index contributed by atoms with van der Waals surface area (Å²) in [4.78, 5) is 0. The van der Waals surface area contributed by atoms with Gasteiger partial charge in [-0.1, -0.05) is 0 Å². The lowest BCUT2D eigenvalue weighted by Gasteiger charge is -2.40. The van der Waals surface area contributed by atoms with Crippen molar-refractivity contribution < 1.29 is 4.74 Å². The lowest BCUT2D eigenvalue weighted by molar-refractivity contribution is -0.0900. The van der Waals surface area contributed by atoms with Gasteiger partial charge in [-0.2, -0.15) is 5.10 Å². The molecule has 2 rings (SSSR count). The minimum atomic E-state index is -0.130. The Morgan fingerprint density at radius 2 is 2.44 bits per heavy atom. The molecule has 1 aromatic heterocycles. The molecule has 1 aliphatic rings. The van der Waals surface area contributed by atoms with Gasteiger partial charge in [0.15, 0.2) is 0 Å². The van der Waals surface area contributed by atoms with Crippen molar-refractivity contribution >= 4 is 0 Å². The van der Waals surface area contributed by atoms with E-state index in [1.807, 2.05) is 17.9 Å². The van der Waals surface area contributed by atoms with Crippen LogP contribution in [0.3, 0.4) is 0 Å². The van der Waals surface area contributed by atoms with Crippen molar-refractivity contribution in [2.45, 2.75) is 50.7 Å². The summed E-state index contributed by atoms with van der Waals surface area (Å²) < 4.78 is 7.78. The van der Waals surface area contributed by atoms with Gasteiger partial charge in [0.25, 0.3) is 0 Å². The van der Waals surface area contributed by atoms with Gasteiger partial charge in [-0.15, -0.1) is 0 Å². The number of aromatic nitrogens is 2. The molecule has 0 bridgehead atoms. The Morgan fingerprint density at radius 3 is 3.00 bits per heavy atom. The Morgan fingerprint density at radius 1 is 1.61 bits per heavy atom. The van der Waals surface area contributed by atoms with Gasteiger partial charge in [0.2, 0.25) is 0 Å². The zero-order valence-electron chi connectivity index (χ0n) is 11.4. The summed E-state index contributed by atoms with van der Waals surface area (Å²) in [5.41, 5.74) is 4.05. The van der Waals surface area contributed by atoms with E-state index in [0.717, 1.165) is 32.3 Å². The number of hydrogen-bond donors (Lipinski definition) is 2. The molecule has 1 fully saturated rings. The smallest absolute Gasteiger partial charge is 0.0820 e. The summed E-state index contributed by atoms with van der Waals surface area (Å²) in [6.07, 6.45) is 9.38. The molecule has 1 saturated heterocycles. The zero-order valence-corrected chi connectivity index (χ0v) is 11.4. The van der Waals surface area contributed by atoms with Gasteiger partial charge < -0.3 is 4.74 Å². The Balaban J connectivity index is 1.92. The largest absolute Gasteiger partial charge is 0.374 e. The third-order valence-corrected chi connectivity index (χ3v) is 3.92. The number of nitrogens with two attached hydrogens (primary N) is 1. The predicted octanol–water partition coefficient (Wildman–Crippen LogP) is 1.14. The fourth-order valence-electron chi connectivity index (χ4n) is 2.71. The Kier molecular flexibility index (Phi) is 4.37. The SMILES string of the molecule is Cn1cc(CCC(NN)C2(C)CCCCO2)cn1. The molecule has 5 nitrogen and oxygen atoms in total. The molecular formula is C13H24N4O. The van der Waals surface area contributed by atoms with Gasteiger partial charge in [-0.05, 0) is 44.6 Å². The highest BCUT2D eigenvalue weighted by molar-refractivity contribution is 5.05. The maximum Gasteiger partial charge on any atom is 0.0820 e. The second-order valence-electron chi connectivity index (χ2n) is 5.40. The highest BCUT2D eigenvalue weighted by atomic mass is 16.5. The normalized spacial score (nSPS) is 26.2. The van der Waals surface area contributed by atoms with Crippen molar-refractivity contribution in [2.24, 2.45) is 12.9 Å². The quantitative estimate of drug-likeness (QED) is 0.609. The van der Waals surface area contributed by atoms with Gasteiger partial charge in [-0.25, -0.2) is 0 Å². The van der Waals surface area contributed by atoms with E-state index in [0.29, 0.717) is 0 Å². The molecule has 1 aliphatic heterocycles. The molecule has 1 aromatic rings. The standard InChI is InChI=1S/C13H24N4O/c1-13(7-3-4-8-18-13)12(16-14)6-5-11-9-15-17(2)10-11/h9-10,12,16H,3-8,14H2,1-2H3. The molecule has 3 N–H and O–H groups in total. The molecule has 0 aromatic carbocycles. The van der Waals surface area contributed by atoms with Crippen LogP contribution in [-0.2, 0) is 18.2 Å². The molecule has 2 heterocycles. The Labute approximate surface area is 109 Å². The first-order valence-electron chi connectivity index (χ1n) is 6.72. The molecule has 0 spiro atoms. The molecule has 0 saturated carbocycles. The second kappa shape index (κ2) is 5.82. The van der Waals surface area contributed by atoms with Crippen LogP contribution in [0.1, 0.15) is 38.2 Å². The number of rotatable bonds is 5. The second-order valence-corrected chi connectivity index (χ2v) is 5.40. The summed E-state index contributed by atoms with van der Waals surface area (Å²) in [6.45, 7) is 3.02. The first-order valence-corrected chi connectivity index (χ1v) is 6.72. The predicted molar refractivity (Wildman–Crippen MR) is 70.8 cm³/mol. The number of nitrogens with one attached hydrogen (secondary N) is 1. The lowest BCUT2D eigenvalue weighted by Crippen LogP contribution is -2.54. The average molecular weight is 252 g/mol. The number of hydrogen-bond acceptors (Lipinski definition) is 4. The van der Waals surface area contributed by atoms with Crippen molar-refractivity contribution in [3.05, 3.63) is 18.0 Å². The van der Waals surface area contributed by atoms with Crippen molar-refractivity contribution in [1.29, 1.82) is 0 Å². The van der Waals surface area contributed by atoms with E-state index in [1.165, 1.54) is 12.0 Å². The third-order valence-electron chi connectivity index (χ3n) is 3.92. The van der Waals surface area contributed by atoms with Crippen molar-refractivity contribution in [3.63, 3.8) is 0 Å². The van der Waals surface area contributed by atoms with Gasteiger partial charge in [-0.3, -0.25) is 16.0 Å². The topological polar surface area (TPSA) is 65.1 Å². The molecule has 0 aliphatic carbocycles.